The number of aliphatic hydroxyl groups excluding tert-OH is 1. The second-order valence-corrected chi connectivity index (χ2v) is 4.33. The standard InChI is InChI=1S/C14H14N2O4/c15-11-6-9-4-2-1-3-8(9)5-10(11)13(18)16-12(7-17)14(19)20/h1-6,12,17H,7,15H2,(H,16,18)(H,19,20)/t12-/m0/s1. The first-order valence-corrected chi connectivity index (χ1v) is 5.95. The lowest BCUT2D eigenvalue weighted by Gasteiger charge is -2.13. The molecule has 0 saturated carbocycles. The maximum absolute atomic E-state index is 12.0. The number of carboxylic acid groups (broad SMARTS) is 1. The Morgan fingerprint density at radius 1 is 1.20 bits per heavy atom. The Labute approximate surface area is 114 Å². The third-order valence-electron chi connectivity index (χ3n) is 2.95. The lowest BCUT2D eigenvalue weighted by Crippen LogP contribution is -2.43. The van der Waals surface area contributed by atoms with Crippen LogP contribution in [0, 0.1) is 0 Å². The van der Waals surface area contributed by atoms with Crippen LogP contribution in [0.1, 0.15) is 10.4 Å². The van der Waals surface area contributed by atoms with Crippen LogP contribution in [0.3, 0.4) is 0 Å². The lowest BCUT2D eigenvalue weighted by molar-refractivity contribution is -0.140. The zero-order chi connectivity index (χ0) is 14.7. The molecule has 0 bridgehead atoms. The van der Waals surface area contributed by atoms with Gasteiger partial charge >= 0.3 is 5.97 Å². The van der Waals surface area contributed by atoms with Crippen LogP contribution in [-0.2, 0) is 4.79 Å². The molecule has 0 aliphatic heterocycles. The van der Waals surface area contributed by atoms with Gasteiger partial charge in [0.05, 0.1) is 12.2 Å². The quantitative estimate of drug-likeness (QED) is 0.610. The summed E-state index contributed by atoms with van der Waals surface area (Å²) in [4.78, 5) is 22.8. The average Bonchev–Trinajstić information content (AvgIpc) is 2.43. The Morgan fingerprint density at radius 2 is 1.80 bits per heavy atom. The number of carboxylic acids is 1. The van der Waals surface area contributed by atoms with Crippen molar-refractivity contribution in [3.8, 4) is 0 Å². The van der Waals surface area contributed by atoms with Crippen molar-refractivity contribution in [2.45, 2.75) is 6.04 Å². The Bertz CT molecular complexity index is 669. The zero-order valence-corrected chi connectivity index (χ0v) is 10.5. The molecular formula is C14H14N2O4. The van der Waals surface area contributed by atoms with E-state index in [1.54, 1.807) is 12.1 Å². The van der Waals surface area contributed by atoms with Gasteiger partial charge in [-0.3, -0.25) is 4.79 Å². The van der Waals surface area contributed by atoms with E-state index in [9.17, 15) is 9.59 Å². The molecule has 0 spiro atoms. The molecule has 1 amide bonds. The van der Waals surface area contributed by atoms with Crippen molar-refractivity contribution in [1.29, 1.82) is 0 Å². The van der Waals surface area contributed by atoms with E-state index in [4.69, 9.17) is 15.9 Å². The monoisotopic (exact) mass is 274 g/mol. The molecule has 5 N–H and O–H groups in total. The molecule has 0 aliphatic carbocycles. The van der Waals surface area contributed by atoms with E-state index in [1.807, 2.05) is 24.3 Å². The minimum Gasteiger partial charge on any atom is -0.480 e. The largest absolute Gasteiger partial charge is 0.480 e. The van der Waals surface area contributed by atoms with Crippen LogP contribution >= 0.6 is 0 Å². The molecule has 6 heteroatoms. The van der Waals surface area contributed by atoms with Crippen LogP contribution in [0.5, 0.6) is 0 Å². The number of amides is 1. The minimum absolute atomic E-state index is 0.184. The van der Waals surface area contributed by atoms with Gasteiger partial charge in [0.1, 0.15) is 0 Å². The molecule has 104 valence electrons. The fourth-order valence-electron chi connectivity index (χ4n) is 1.88. The number of aliphatic hydroxyl groups is 1. The molecule has 2 aromatic rings. The van der Waals surface area contributed by atoms with E-state index in [0.717, 1.165) is 10.8 Å². The first-order chi connectivity index (χ1) is 9.52. The number of nitrogen functional groups attached to an aromatic ring is 1. The number of nitrogens with two attached hydrogens (primary N) is 1. The summed E-state index contributed by atoms with van der Waals surface area (Å²) in [6.45, 7) is -0.686. The van der Waals surface area contributed by atoms with E-state index in [2.05, 4.69) is 5.32 Å². The third-order valence-corrected chi connectivity index (χ3v) is 2.95. The van der Waals surface area contributed by atoms with Crippen molar-refractivity contribution in [1.82, 2.24) is 5.32 Å². The highest BCUT2D eigenvalue weighted by molar-refractivity contribution is 6.05. The topological polar surface area (TPSA) is 113 Å². The molecular weight excluding hydrogens is 260 g/mol. The highest BCUT2D eigenvalue weighted by Gasteiger charge is 2.20. The van der Waals surface area contributed by atoms with Crippen molar-refractivity contribution in [2.24, 2.45) is 0 Å². The first kappa shape index (κ1) is 13.8. The van der Waals surface area contributed by atoms with Gasteiger partial charge in [-0.25, -0.2) is 4.79 Å². The normalized spacial score (nSPS) is 12.1. The average molecular weight is 274 g/mol. The Balaban J connectivity index is 2.34. The molecule has 0 heterocycles. The molecule has 0 aromatic heterocycles. The van der Waals surface area contributed by atoms with Gasteiger partial charge in [0.2, 0.25) is 0 Å². The van der Waals surface area contributed by atoms with Gasteiger partial charge in [-0.1, -0.05) is 24.3 Å². The number of anilines is 1. The van der Waals surface area contributed by atoms with Gasteiger partial charge in [0, 0.05) is 5.69 Å². The van der Waals surface area contributed by atoms with E-state index in [1.165, 1.54) is 0 Å². The van der Waals surface area contributed by atoms with Crippen LogP contribution in [0.15, 0.2) is 36.4 Å². The minimum atomic E-state index is -1.35. The zero-order valence-electron chi connectivity index (χ0n) is 10.5. The molecule has 0 saturated heterocycles. The molecule has 0 radical (unpaired) electrons. The number of nitrogens with one attached hydrogen (secondary N) is 1. The lowest BCUT2D eigenvalue weighted by atomic mass is 10.0. The molecule has 0 unspecified atom stereocenters. The summed E-state index contributed by atoms with van der Waals surface area (Å²) in [5.41, 5.74) is 6.25. The summed E-state index contributed by atoms with van der Waals surface area (Å²) in [6.07, 6.45) is 0. The van der Waals surface area contributed by atoms with Gasteiger partial charge < -0.3 is 21.3 Å². The third kappa shape index (κ3) is 2.70. The van der Waals surface area contributed by atoms with E-state index < -0.39 is 24.5 Å². The number of carbonyl (C=O) groups is 2. The van der Waals surface area contributed by atoms with Crippen molar-refractivity contribution in [3.63, 3.8) is 0 Å². The smallest absolute Gasteiger partial charge is 0.328 e. The van der Waals surface area contributed by atoms with Gasteiger partial charge in [0.15, 0.2) is 6.04 Å². The Morgan fingerprint density at radius 3 is 2.35 bits per heavy atom. The summed E-state index contributed by atoms with van der Waals surface area (Å²) >= 11 is 0. The predicted octanol–water partition coefficient (Wildman–Crippen LogP) is 0.597. The van der Waals surface area contributed by atoms with Gasteiger partial charge in [0.25, 0.3) is 5.91 Å². The fourth-order valence-corrected chi connectivity index (χ4v) is 1.88. The van der Waals surface area contributed by atoms with Gasteiger partial charge in [-0.15, -0.1) is 0 Å². The van der Waals surface area contributed by atoms with Crippen LogP contribution in [-0.4, -0.2) is 34.7 Å². The molecule has 0 aliphatic rings. The maximum atomic E-state index is 12.0. The summed E-state index contributed by atoms with van der Waals surface area (Å²) in [5.74, 6) is -1.94. The summed E-state index contributed by atoms with van der Waals surface area (Å²) < 4.78 is 0. The van der Waals surface area contributed by atoms with Gasteiger partial charge in [-0.2, -0.15) is 0 Å². The number of carbonyl (C=O) groups excluding carboxylic acids is 1. The molecule has 20 heavy (non-hydrogen) atoms. The van der Waals surface area contributed by atoms with Crippen LogP contribution in [0.25, 0.3) is 10.8 Å². The second kappa shape index (κ2) is 5.58. The van der Waals surface area contributed by atoms with Crippen LogP contribution < -0.4 is 11.1 Å². The van der Waals surface area contributed by atoms with Crippen LogP contribution in [0.4, 0.5) is 5.69 Å². The summed E-state index contributed by atoms with van der Waals surface area (Å²) in [6, 6.07) is 9.26. The molecule has 2 aromatic carbocycles. The second-order valence-electron chi connectivity index (χ2n) is 4.33. The SMILES string of the molecule is Nc1cc2ccccc2cc1C(=O)N[C@@H](CO)C(=O)O. The highest BCUT2D eigenvalue weighted by Crippen LogP contribution is 2.21. The molecule has 2 rings (SSSR count). The summed E-state index contributed by atoms with van der Waals surface area (Å²) in [5, 5.41) is 21.6. The van der Waals surface area contributed by atoms with Crippen LogP contribution in [0.2, 0.25) is 0 Å². The number of rotatable bonds is 4. The molecule has 1 atom stereocenters. The van der Waals surface area contributed by atoms with E-state index in [0.29, 0.717) is 0 Å². The van der Waals surface area contributed by atoms with Crippen molar-refractivity contribution < 1.29 is 19.8 Å². The van der Waals surface area contributed by atoms with Crippen molar-refractivity contribution in [3.05, 3.63) is 42.0 Å². The Kier molecular flexibility index (Phi) is 3.86. The highest BCUT2D eigenvalue weighted by atomic mass is 16.4. The molecule has 0 fully saturated rings. The maximum Gasteiger partial charge on any atom is 0.328 e. The van der Waals surface area contributed by atoms with Crippen molar-refractivity contribution >= 4 is 28.3 Å². The van der Waals surface area contributed by atoms with E-state index in [-0.39, 0.29) is 11.3 Å². The first-order valence-electron chi connectivity index (χ1n) is 5.95. The fraction of sp³-hybridized carbons (Fsp3) is 0.143. The number of hydrogen-bond acceptors (Lipinski definition) is 4. The van der Waals surface area contributed by atoms with E-state index >= 15 is 0 Å². The number of fused-ring (bicyclic) bond motifs is 1. The number of aliphatic carboxylic acids is 1. The van der Waals surface area contributed by atoms with Gasteiger partial charge in [-0.05, 0) is 22.9 Å². The Hall–Kier alpha value is -2.60. The summed E-state index contributed by atoms with van der Waals surface area (Å²) in [7, 11) is 0. The number of benzene rings is 2. The predicted molar refractivity (Wildman–Crippen MR) is 74.3 cm³/mol. The number of hydrogen-bond donors (Lipinski definition) is 4. The van der Waals surface area contributed by atoms with Crippen molar-refractivity contribution in [2.75, 3.05) is 12.3 Å². The molecule has 6 nitrogen and oxygen atoms in total.